The third kappa shape index (κ3) is 1.38. The van der Waals surface area contributed by atoms with Gasteiger partial charge in [0, 0.05) is 16.1 Å². The topological polar surface area (TPSA) is 36.7 Å². The number of aryl methyl sites for hydroxylation is 1. The van der Waals surface area contributed by atoms with Crippen molar-refractivity contribution in [1.82, 2.24) is 4.98 Å². The maximum absolute atomic E-state index is 8.83. The maximum atomic E-state index is 8.83. The van der Waals surface area contributed by atoms with Crippen LogP contribution in [0.15, 0.2) is 28.9 Å². The van der Waals surface area contributed by atoms with E-state index in [4.69, 9.17) is 5.26 Å². The molecule has 2 rings (SSSR count). The third-order valence-electron chi connectivity index (χ3n) is 2.22. The van der Waals surface area contributed by atoms with Gasteiger partial charge in [-0.15, -0.1) is 0 Å². The Kier molecular flexibility index (Phi) is 2.22. The molecule has 0 aliphatic rings. The molecule has 0 bridgehead atoms. The average Bonchev–Trinajstić information content (AvgIpc) is 2.18. The van der Waals surface area contributed by atoms with Gasteiger partial charge in [-0.1, -0.05) is 22.0 Å². The highest BCUT2D eigenvalue weighted by Crippen LogP contribution is 2.22. The first-order valence-electron chi connectivity index (χ1n) is 4.17. The molecule has 1 aromatic carbocycles. The lowest BCUT2D eigenvalue weighted by Crippen LogP contribution is -1.88. The summed E-state index contributed by atoms with van der Waals surface area (Å²) in [5.74, 6) is 0. The van der Waals surface area contributed by atoms with Crippen LogP contribution in [0.5, 0.6) is 0 Å². The van der Waals surface area contributed by atoms with Gasteiger partial charge in [-0.2, -0.15) is 5.26 Å². The number of fused-ring (bicyclic) bond motifs is 1. The number of benzene rings is 1. The Hall–Kier alpha value is -1.40. The summed E-state index contributed by atoms with van der Waals surface area (Å²) in [7, 11) is 0. The molecule has 0 amide bonds. The number of hydrogen-bond acceptors (Lipinski definition) is 2. The van der Waals surface area contributed by atoms with Crippen LogP contribution in [-0.2, 0) is 0 Å². The van der Waals surface area contributed by atoms with Crippen LogP contribution in [0.1, 0.15) is 11.1 Å². The van der Waals surface area contributed by atoms with Crippen molar-refractivity contribution < 1.29 is 0 Å². The standard InChI is InChI=1S/C11H7BrN2/c1-7-8(5-13)6-14-11-4-9(12)2-3-10(7)11/h2-4,6H,1H3. The van der Waals surface area contributed by atoms with Gasteiger partial charge in [0.05, 0.1) is 11.1 Å². The predicted octanol–water partition coefficient (Wildman–Crippen LogP) is 3.18. The zero-order valence-corrected chi connectivity index (χ0v) is 9.17. The van der Waals surface area contributed by atoms with Crippen LogP contribution in [0.4, 0.5) is 0 Å². The molecule has 1 heterocycles. The van der Waals surface area contributed by atoms with E-state index >= 15 is 0 Å². The first kappa shape index (κ1) is 9.17. The second-order valence-corrected chi connectivity index (χ2v) is 3.99. The minimum absolute atomic E-state index is 0.639. The molecule has 1 aromatic heterocycles. The molecule has 3 heteroatoms. The van der Waals surface area contributed by atoms with E-state index in [0.29, 0.717) is 5.56 Å². The van der Waals surface area contributed by atoms with E-state index < -0.39 is 0 Å². The lowest BCUT2D eigenvalue weighted by molar-refractivity contribution is 1.32. The molecule has 14 heavy (non-hydrogen) atoms. The molecule has 0 unspecified atom stereocenters. The van der Waals surface area contributed by atoms with E-state index in [1.807, 2.05) is 25.1 Å². The molecule has 0 saturated carbocycles. The SMILES string of the molecule is Cc1c(C#N)cnc2cc(Br)ccc12. The second-order valence-electron chi connectivity index (χ2n) is 3.07. The quantitative estimate of drug-likeness (QED) is 0.716. The van der Waals surface area contributed by atoms with Crippen LogP contribution in [0, 0.1) is 18.3 Å². The largest absolute Gasteiger partial charge is 0.255 e. The van der Waals surface area contributed by atoms with Crippen molar-refractivity contribution in [2.75, 3.05) is 0 Å². The van der Waals surface area contributed by atoms with Gasteiger partial charge in [0.25, 0.3) is 0 Å². The summed E-state index contributed by atoms with van der Waals surface area (Å²) < 4.78 is 1.00. The number of pyridine rings is 1. The van der Waals surface area contributed by atoms with Gasteiger partial charge in [-0.05, 0) is 24.6 Å². The number of aromatic nitrogens is 1. The summed E-state index contributed by atoms with van der Waals surface area (Å²) in [6, 6.07) is 8.01. The Morgan fingerprint density at radius 3 is 2.93 bits per heavy atom. The lowest BCUT2D eigenvalue weighted by atomic mass is 10.1. The zero-order valence-electron chi connectivity index (χ0n) is 7.58. The van der Waals surface area contributed by atoms with Gasteiger partial charge in [0.1, 0.15) is 6.07 Å². The summed E-state index contributed by atoms with van der Waals surface area (Å²) in [6.45, 7) is 1.94. The highest BCUT2D eigenvalue weighted by molar-refractivity contribution is 9.10. The molecule has 2 aromatic rings. The molecule has 0 atom stereocenters. The summed E-state index contributed by atoms with van der Waals surface area (Å²) in [6.07, 6.45) is 1.62. The minimum Gasteiger partial charge on any atom is -0.255 e. The molecule has 0 radical (unpaired) electrons. The number of rotatable bonds is 0. The molecule has 0 saturated heterocycles. The average molecular weight is 247 g/mol. The van der Waals surface area contributed by atoms with Crippen LogP contribution in [0.3, 0.4) is 0 Å². The first-order chi connectivity index (χ1) is 6.72. The van der Waals surface area contributed by atoms with E-state index in [1.54, 1.807) is 6.20 Å². The van der Waals surface area contributed by atoms with Gasteiger partial charge in [0.2, 0.25) is 0 Å². The van der Waals surface area contributed by atoms with Crippen LogP contribution in [0.25, 0.3) is 10.9 Å². The Morgan fingerprint density at radius 1 is 1.43 bits per heavy atom. The molecule has 2 nitrogen and oxygen atoms in total. The van der Waals surface area contributed by atoms with E-state index in [0.717, 1.165) is 20.9 Å². The molecule has 0 N–H and O–H groups in total. The van der Waals surface area contributed by atoms with Gasteiger partial charge in [-0.25, -0.2) is 0 Å². The van der Waals surface area contributed by atoms with E-state index in [9.17, 15) is 0 Å². The maximum Gasteiger partial charge on any atom is 0.101 e. The fourth-order valence-corrected chi connectivity index (χ4v) is 1.77. The number of hydrogen-bond donors (Lipinski definition) is 0. The van der Waals surface area contributed by atoms with Gasteiger partial charge >= 0.3 is 0 Å². The van der Waals surface area contributed by atoms with E-state index in [-0.39, 0.29) is 0 Å². The van der Waals surface area contributed by atoms with Crippen LogP contribution in [0.2, 0.25) is 0 Å². The van der Waals surface area contributed by atoms with Crippen LogP contribution in [-0.4, -0.2) is 4.98 Å². The Bertz CT molecular complexity index is 541. The van der Waals surface area contributed by atoms with Gasteiger partial charge < -0.3 is 0 Å². The normalized spacial score (nSPS) is 10.1. The van der Waals surface area contributed by atoms with Crippen molar-refractivity contribution in [3.8, 4) is 6.07 Å². The smallest absolute Gasteiger partial charge is 0.101 e. The fourth-order valence-electron chi connectivity index (χ4n) is 1.42. The minimum atomic E-state index is 0.639. The van der Waals surface area contributed by atoms with E-state index in [2.05, 4.69) is 27.0 Å². The summed E-state index contributed by atoms with van der Waals surface area (Å²) in [5, 5.41) is 9.87. The van der Waals surface area contributed by atoms with Gasteiger partial charge in [-0.3, -0.25) is 4.98 Å². The summed E-state index contributed by atoms with van der Waals surface area (Å²) in [5.41, 5.74) is 2.54. The van der Waals surface area contributed by atoms with E-state index in [1.165, 1.54) is 0 Å². The predicted molar refractivity (Wildman–Crippen MR) is 58.9 cm³/mol. The fraction of sp³-hybridized carbons (Fsp3) is 0.0909. The summed E-state index contributed by atoms with van der Waals surface area (Å²) >= 11 is 3.39. The zero-order chi connectivity index (χ0) is 10.1. The highest BCUT2D eigenvalue weighted by atomic mass is 79.9. The van der Waals surface area contributed by atoms with Crippen LogP contribution >= 0.6 is 15.9 Å². The van der Waals surface area contributed by atoms with Crippen molar-refractivity contribution in [2.24, 2.45) is 0 Å². The van der Waals surface area contributed by atoms with Crippen molar-refractivity contribution in [1.29, 1.82) is 5.26 Å². The molecular formula is C11H7BrN2. The number of nitrogens with zero attached hydrogens (tertiary/aromatic N) is 2. The Morgan fingerprint density at radius 2 is 2.21 bits per heavy atom. The second kappa shape index (κ2) is 3.39. The van der Waals surface area contributed by atoms with Gasteiger partial charge in [0.15, 0.2) is 0 Å². The molecular weight excluding hydrogens is 240 g/mol. The lowest BCUT2D eigenvalue weighted by Gasteiger charge is -2.02. The first-order valence-corrected chi connectivity index (χ1v) is 4.96. The highest BCUT2D eigenvalue weighted by Gasteiger charge is 2.03. The molecule has 0 aliphatic carbocycles. The molecule has 0 fully saturated rings. The van der Waals surface area contributed by atoms with Crippen LogP contribution < -0.4 is 0 Å². The van der Waals surface area contributed by atoms with Crippen molar-refractivity contribution in [3.63, 3.8) is 0 Å². The Balaban J connectivity index is 2.85. The third-order valence-corrected chi connectivity index (χ3v) is 2.71. The van der Waals surface area contributed by atoms with Crippen molar-refractivity contribution >= 4 is 26.8 Å². The molecule has 0 spiro atoms. The van der Waals surface area contributed by atoms with Crippen molar-refractivity contribution in [3.05, 3.63) is 40.0 Å². The number of halogens is 1. The number of nitriles is 1. The summed E-state index contributed by atoms with van der Waals surface area (Å²) in [4.78, 5) is 4.22. The molecule has 0 aliphatic heterocycles. The van der Waals surface area contributed by atoms with Crippen molar-refractivity contribution in [2.45, 2.75) is 6.92 Å². The Labute approximate surface area is 90.3 Å². The molecule has 68 valence electrons. The monoisotopic (exact) mass is 246 g/mol.